The van der Waals surface area contributed by atoms with Crippen molar-refractivity contribution in [3.05, 3.63) is 48.0 Å². The third-order valence-corrected chi connectivity index (χ3v) is 4.33. The van der Waals surface area contributed by atoms with Crippen molar-refractivity contribution in [3.63, 3.8) is 0 Å². The first-order chi connectivity index (χ1) is 10.3. The minimum Gasteiger partial charge on any atom is -0.393 e. The molecule has 1 aromatic carbocycles. The van der Waals surface area contributed by atoms with Crippen LogP contribution in [-0.4, -0.2) is 17.3 Å². The summed E-state index contributed by atoms with van der Waals surface area (Å²) >= 11 is 0. The van der Waals surface area contributed by atoms with Gasteiger partial charge in [0.05, 0.1) is 18.8 Å². The summed E-state index contributed by atoms with van der Waals surface area (Å²) < 4.78 is 5.79. The molecule has 0 heterocycles. The third-order valence-electron chi connectivity index (χ3n) is 4.33. The first-order valence-corrected chi connectivity index (χ1v) is 8.26. The summed E-state index contributed by atoms with van der Waals surface area (Å²) in [5, 5.41) is 10.2. The van der Waals surface area contributed by atoms with Crippen molar-refractivity contribution >= 4 is 0 Å². The average molecular weight is 288 g/mol. The van der Waals surface area contributed by atoms with Gasteiger partial charge in [0.2, 0.25) is 0 Å². The zero-order valence-corrected chi connectivity index (χ0v) is 13.1. The molecule has 2 heteroatoms. The molecule has 0 radical (unpaired) electrons. The summed E-state index contributed by atoms with van der Waals surface area (Å²) in [5.41, 5.74) is 1.19. The number of hydrogen-bond acceptors (Lipinski definition) is 2. The lowest BCUT2D eigenvalue weighted by atomic mass is 9.84. The quantitative estimate of drug-likeness (QED) is 0.750. The molecular weight excluding hydrogens is 260 g/mol. The summed E-state index contributed by atoms with van der Waals surface area (Å²) in [4.78, 5) is 0. The number of rotatable bonds is 7. The molecule has 1 fully saturated rings. The molecule has 1 aromatic rings. The molecule has 116 valence electrons. The van der Waals surface area contributed by atoms with Crippen molar-refractivity contribution in [2.75, 3.05) is 0 Å². The van der Waals surface area contributed by atoms with E-state index in [9.17, 15) is 5.11 Å². The van der Waals surface area contributed by atoms with E-state index in [1.54, 1.807) is 0 Å². The van der Waals surface area contributed by atoms with Gasteiger partial charge >= 0.3 is 0 Å². The predicted octanol–water partition coefficient (Wildman–Crippen LogP) is 4.48. The van der Waals surface area contributed by atoms with E-state index in [2.05, 4.69) is 24.3 Å². The van der Waals surface area contributed by atoms with Gasteiger partial charge < -0.3 is 9.84 Å². The third kappa shape index (κ3) is 6.03. The summed E-state index contributed by atoms with van der Waals surface area (Å²) in [5.74, 6) is 0.504. The minimum atomic E-state index is -0.178. The zero-order chi connectivity index (χ0) is 14.9. The highest BCUT2D eigenvalue weighted by molar-refractivity contribution is 5.13. The summed E-state index contributed by atoms with van der Waals surface area (Å²) in [6, 6.07) is 10.2. The lowest BCUT2D eigenvalue weighted by molar-refractivity contribution is 0.0798. The minimum absolute atomic E-state index is 0.0868. The van der Waals surface area contributed by atoms with Gasteiger partial charge in [0.1, 0.15) is 0 Å². The first kappa shape index (κ1) is 16.3. The molecule has 0 amide bonds. The van der Waals surface area contributed by atoms with Crippen LogP contribution in [0.3, 0.4) is 0 Å². The van der Waals surface area contributed by atoms with Crippen molar-refractivity contribution in [2.24, 2.45) is 5.92 Å². The van der Waals surface area contributed by atoms with Crippen LogP contribution in [0.15, 0.2) is 42.5 Å². The Bertz CT molecular complexity index is 407. The Kier molecular flexibility index (Phi) is 6.98. The van der Waals surface area contributed by atoms with Gasteiger partial charge in [-0.05, 0) is 37.7 Å². The Morgan fingerprint density at radius 2 is 1.90 bits per heavy atom. The second-order valence-electron chi connectivity index (χ2n) is 6.13. The van der Waals surface area contributed by atoms with Crippen molar-refractivity contribution in [1.29, 1.82) is 0 Å². The van der Waals surface area contributed by atoms with Crippen LogP contribution in [0.25, 0.3) is 0 Å². The molecule has 2 nitrogen and oxygen atoms in total. The van der Waals surface area contributed by atoms with Crippen molar-refractivity contribution in [3.8, 4) is 0 Å². The molecule has 0 bridgehead atoms. The first-order valence-electron chi connectivity index (χ1n) is 8.26. The summed E-state index contributed by atoms with van der Waals surface area (Å²) in [6.07, 6.45) is 11.1. The molecular formula is C19H28O2. The summed E-state index contributed by atoms with van der Waals surface area (Å²) in [7, 11) is 0. The standard InChI is InChI=1S/C19H28O2/c1-16(21-15-17-10-4-2-5-11-17)9-8-14-19(20)18-12-6-3-7-13-18/h2,4-5,8-11,16,18-20H,3,6-7,12-15H2,1H3/b9-8-/t16-,19+/m0/s1. The maximum absolute atomic E-state index is 10.2. The second-order valence-corrected chi connectivity index (χ2v) is 6.13. The van der Waals surface area contributed by atoms with Crippen molar-refractivity contribution < 1.29 is 9.84 Å². The average Bonchev–Trinajstić information content (AvgIpc) is 2.54. The van der Waals surface area contributed by atoms with Gasteiger partial charge in [0.15, 0.2) is 0 Å². The molecule has 2 rings (SSSR count). The number of aliphatic hydroxyl groups excluding tert-OH is 1. The van der Waals surface area contributed by atoms with Crippen LogP contribution in [0.5, 0.6) is 0 Å². The van der Waals surface area contributed by atoms with E-state index < -0.39 is 0 Å². The SMILES string of the molecule is C[C@@H](/C=C\C[C@@H](O)C1CCCCC1)OCc1ccccc1. The molecule has 1 aliphatic rings. The van der Waals surface area contributed by atoms with Crippen LogP contribution < -0.4 is 0 Å². The van der Waals surface area contributed by atoms with Crippen LogP contribution >= 0.6 is 0 Å². The number of ether oxygens (including phenoxy) is 1. The Labute approximate surface area is 128 Å². The fraction of sp³-hybridized carbons (Fsp3) is 0.579. The molecule has 1 saturated carbocycles. The Morgan fingerprint density at radius 1 is 1.19 bits per heavy atom. The fourth-order valence-electron chi connectivity index (χ4n) is 2.98. The molecule has 0 spiro atoms. The van der Waals surface area contributed by atoms with Gasteiger partial charge in [-0.3, -0.25) is 0 Å². The van der Waals surface area contributed by atoms with Gasteiger partial charge in [-0.2, -0.15) is 0 Å². The molecule has 0 unspecified atom stereocenters. The van der Waals surface area contributed by atoms with E-state index in [4.69, 9.17) is 4.74 Å². The Hall–Kier alpha value is -1.12. The van der Waals surface area contributed by atoms with Gasteiger partial charge in [-0.25, -0.2) is 0 Å². The van der Waals surface area contributed by atoms with Crippen LogP contribution in [-0.2, 0) is 11.3 Å². The smallest absolute Gasteiger partial charge is 0.0732 e. The fourth-order valence-corrected chi connectivity index (χ4v) is 2.98. The van der Waals surface area contributed by atoms with Gasteiger partial charge in [0.25, 0.3) is 0 Å². The van der Waals surface area contributed by atoms with Crippen molar-refractivity contribution in [1.82, 2.24) is 0 Å². The maximum atomic E-state index is 10.2. The Balaban J connectivity index is 1.65. The van der Waals surface area contributed by atoms with Gasteiger partial charge in [0, 0.05) is 0 Å². The molecule has 2 atom stereocenters. The predicted molar refractivity (Wildman–Crippen MR) is 87.0 cm³/mol. The van der Waals surface area contributed by atoms with E-state index in [-0.39, 0.29) is 12.2 Å². The van der Waals surface area contributed by atoms with Gasteiger partial charge in [-0.15, -0.1) is 0 Å². The van der Waals surface area contributed by atoms with E-state index in [1.807, 2.05) is 25.1 Å². The monoisotopic (exact) mass is 288 g/mol. The molecule has 0 saturated heterocycles. The number of aliphatic hydroxyl groups is 1. The topological polar surface area (TPSA) is 29.5 Å². The normalized spacial score (nSPS) is 19.7. The lowest BCUT2D eigenvalue weighted by Gasteiger charge is -2.25. The highest BCUT2D eigenvalue weighted by Crippen LogP contribution is 2.27. The molecule has 1 aliphatic carbocycles. The van der Waals surface area contributed by atoms with Crippen LogP contribution in [0.1, 0.15) is 51.0 Å². The second kappa shape index (κ2) is 9.01. The number of benzene rings is 1. The zero-order valence-electron chi connectivity index (χ0n) is 13.1. The Morgan fingerprint density at radius 3 is 2.62 bits per heavy atom. The largest absolute Gasteiger partial charge is 0.393 e. The highest BCUT2D eigenvalue weighted by Gasteiger charge is 2.20. The maximum Gasteiger partial charge on any atom is 0.0732 e. The van der Waals surface area contributed by atoms with Crippen LogP contribution in [0, 0.1) is 5.92 Å². The highest BCUT2D eigenvalue weighted by atomic mass is 16.5. The van der Waals surface area contributed by atoms with Gasteiger partial charge in [-0.1, -0.05) is 61.7 Å². The van der Waals surface area contributed by atoms with E-state index in [0.29, 0.717) is 12.5 Å². The molecule has 0 aromatic heterocycles. The van der Waals surface area contributed by atoms with Crippen LogP contribution in [0.2, 0.25) is 0 Å². The van der Waals surface area contributed by atoms with Crippen LogP contribution in [0.4, 0.5) is 0 Å². The van der Waals surface area contributed by atoms with Crippen molar-refractivity contribution in [2.45, 2.75) is 64.3 Å². The van der Waals surface area contributed by atoms with E-state index >= 15 is 0 Å². The molecule has 21 heavy (non-hydrogen) atoms. The number of hydrogen-bond donors (Lipinski definition) is 1. The molecule has 1 N–H and O–H groups in total. The van der Waals surface area contributed by atoms with E-state index in [1.165, 1.54) is 37.7 Å². The lowest BCUT2D eigenvalue weighted by Crippen LogP contribution is -2.22. The van der Waals surface area contributed by atoms with E-state index in [0.717, 1.165) is 6.42 Å². The summed E-state index contributed by atoms with van der Waals surface area (Å²) in [6.45, 7) is 2.68. The molecule has 0 aliphatic heterocycles.